The van der Waals surface area contributed by atoms with Gasteiger partial charge in [-0.3, -0.25) is 14.7 Å². The summed E-state index contributed by atoms with van der Waals surface area (Å²) >= 11 is 3.00. The maximum Gasteiger partial charge on any atom is 0.244 e. The Bertz CT molecular complexity index is 1310. The van der Waals surface area contributed by atoms with E-state index in [1.54, 1.807) is 48.4 Å². The first kappa shape index (κ1) is 21.5. The number of hydrogen-bond donors (Lipinski definition) is 0. The minimum absolute atomic E-state index is 0.124. The van der Waals surface area contributed by atoms with Gasteiger partial charge in [0.05, 0.1) is 21.7 Å². The van der Waals surface area contributed by atoms with Gasteiger partial charge in [-0.05, 0) is 48.2 Å². The average Bonchev–Trinajstić information content (AvgIpc) is 3.21. The van der Waals surface area contributed by atoms with Crippen LogP contribution in [0.3, 0.4) is 0 Å². The molecular weight excluding hydrogens is 450 g/mol. The molecule has 158 valence electrons. The smallest absolute Gasteiger partial charge is 0.244 e. The SMILES string of the molecule is CSc1ccc2nc(N(Cc3cccnc3)C(=O)CS(=O)(=O)c3ccccc3)sc2c1. The predicted molar refractivity (Wildman–Crippen MR) is 125 cm³/mol. The normalized spacial score (nSPS) is 11.5. The summed E-state index contributed by atoms with van der Waals surface area (Å²) in [6.45, 7) is 0.187. The van der Waals surface area contributed by atoms with E-state index < -0.39 is 21.5 Å². The van der Waals surface area contributed by atoms with Crippen molar-refractivity contribution in [1.29, 1.82) is 0 Å². The average molecular weight is 470 g/mol. The van der Waals surface area contributed by atoms with Crippen molar-refractivity contribution in [2.45, 2.75) is 16.3 Å². The Hall–Kier alpha value is -2.75. The molecule has 31 heavy (non-hydrogen) atoms. The number of sulfone groups is 1. The van der Waals surface area contributed by atoms with Gasteiger partial charge in [0.2, 0.25) is 5.91 Å². The van der Waals surface area contributed by atoms with E-state index in [1.807, 2.05) is 30.5 Å². The highest BCUT2D eigenvalue weighted by molar-refractivity contribution is 7.98. The lowest BCUT2D eigenvalue weighted by atomic mass is 10.2. The van der Waals surface area contributed by atoms with Crippen LogP contribution in [0.2, 0.25) is 0 Å². The number of carbonyl (C=O) groups excluding carboxylic acids is 1. The number of hydrogen-bond acceptors (Lipinski definition) is 7. The standard InChI is InChI=1S/C22H19N3O3S3/c1-29-17-9-10-19-20(12-17)30-22(24-19)25(14-16-6-5-11-23-13-16)21(26)15-31(27,28)18-7-3-2-4-8-18/h2-13H,14-15H2,1H3. The van der Waals surface area contributed by atoms with Gasteiger partial charge in [-0.1, -0.05) is 35.6 Å². The number of fused-ring (bicyclic) bond motifs is 1. The largest absolute Gasteiger partial charge is 0.283 e. The Labute approximate surface area is 188 Å². The molecule has 0 radical (unpaired) electrons. The van der Waals surface area contributed by atoms with Crippen molar-refractivity contribution in [2.75, 3.05) is 16.9 Å². The van der Waals surface area contributed by atoms with E-state index in [9.17, 15) is 13.2 Å². The molecule has 4 rings (SSSR count). The second-order valence-electron chi connectivity index (χ2n) is 6.74. The Balaban J connectivity index is 1.70. The topological polar surface area (TPSA) is 80.2 Å². The molecule has 0 unspecified atom stereocenters. The van der Waals surface area contributed by atoms with Crippen LogP contribution in [-0.4, -0.2) is 36.3 Å². The second-order valence-corrected chi connectivity index (χ2v) is 10.6. The van der Waals surface area contributed by atoms with Crippen LogP contribution in [0.1, 0.15) is 5.56 Å². The molecule has 6 nitrogen and oxygen atoms in total. The van der Waals surface area contributed by atoms with E-state index in [4.69, 9.17) is 0 Å². The highest BCUT2D eigenvalue weighted by atomic mass is 32.2. The fraction of sp³-hybridized carbons (Fsp3) is 0.136. The van der Waals surface area contributed by atoms with Crippen LogP contribution in [0.25, 0.3) is 10.2 Å². The van der Waals surface area contributed by atoms with Crippen molar-refractivity contribution < 1.29 is 13.2 Å². The number of benzene rings is 2. The summed E-state index contributed by atoms with van der Waals surface area (Å²) in [5, 5.41) is 0.463. The number of carbonyl (C=O) groups is 1. The highest BCUT2D eigenvalue weighted by Crippen LogP contribution is 2.32. The number of pyridine rings is 1. The van der Waals surface area contributed by atoms with E-state index in [0.717, 1.165) is 20.7 Å². The molecule has 0 fully saturated rings. The number of rotatable bonds is 7. The van der Waals surface area contributed by atoms with Crippen molar-refractivity contribution in [3.63, 3.8) is 0 Å². The van der Waals surface area contributed by atoms with E-state index in [-0.39, 0.29) is 11.4 Å². The number of amides is 1. The number of anilines is 1. The monoisotopic (exact) mass is 469 g/mol. The third kappa shape index (κ3) is 4.95. The second kappa shape index (κ2) is 9.17. The lowest BCUT2D eigenvalue weighted by molar-refractivity contribution is -0.116. The van der Waals surface area contributed by atoms with E-state index >= 15 is 0 Å². The zero-order chi connectivity index (χ0) is 21.8. The molecule has 0 saturated heterocycles. The van der Waals surface area contributed by atoms with E-state index in [1.165, 1.54) is 28.4 Å². The fourth-order valence-electron chi connectivity index (χ4n) is 3.02. The maximum atomic E-state index is 13.2. The van der Waals surface area contributed by atoms with Crippen LogP contribution < -0.4 is 4.90 Å². The lowest BCUT2D eigenvalue weighted by Crippen LogP contribution is -2.35. The Morgan fingerprint density at radius 1 is 1.10 bits per heavy atom. The summed E-state index contributed by atoms with van der Waals surface area (Å²) < 4.78 is 26.6. The molecule has 0 bridgehead atoms. The molecular formula is C22H19N3O3S3. The molecule has 0 N–H and O–H groups in total. The van der Waals surface area contributed by atoms with Crippen LogP contribution in [0, 0.1) is 0 Å². The summed E-state index contributed by atoms with van der Waals surface area (Å²) in [6, 6.07) is 17.5. The molecule has 0 spiro atoms. The van der Waals surface area contributed by atoms with Crippen LogP contribution in [0.5, 0.6) is 0 Å². The van der Waals surface area contributed by atoms with Gasteiger partial charge >= 0.3 is 0 Å². The van der Waals surface area contributed by atoms with Gasteiger partial charge < -0.3 is 0 Å². The van der Waals surface area contributed by atoms with Crippen molar-refractivity contribution in [3.05, 3.63) is 78.6 Å². The van der Waals surface area contributed by atoms with Crippen LogP contribution in [0.15, 0.2) is 82.8 Å². The molecule has 2 aromatic heterocycles. The van der Waals surface area contributed by atoms with Crippen LogP contribution in [-0.2, 0) is 21.2 Å². The number of aromatic nitrogens is 2. The quantitative estimate of drug-likeness (QED) is 0.373. The summed E-state index contributed by atoms with van der Waals surface area (Å²) in [5.41, 5.74) is 1.56. The first-order valence-electron chi connectivity index (χ1n) is 9.38. The molecule has 2 aromatic carbocycles. The van der Waals surface area contributed by atoms with Gasteiger partial charge in [-0.15, -0.1) is 11.8 Å². The minimum atomic E-state index is -3.78. The highest BCUT2D eigenvalue weighted by Gasteiger charge is 2.26. The molecule has 1 amide bonds. The number of nitrogens with zero attached hydrogens (tertiary/aromatic N) is 3. The van der Waals surface area contributed by atoms with E-state index in [0.29, 0.717) is 5.13 Å². The Kier molecular flexibility index (Phi) is 6.35. The predicted octanol–water partition coefficient (Wildman–Crippen LogP) is 4.42. The first-order valence-corrected chi connectivity index (χ1v) is 13.1. The number of thiazole rings is 1. The Morgan fingerprint density at radius 3 is 2.61 bits per heavy atom. The van der Waals surface area contributed by atoms with Gasteiger partial charge in [0.15, 0.2) is 15.0 Å². The third-order valence-corrected chi connectivity index (χ3v) is 7.98. The first-order chi connectivity index (χ1) is 15.0. The summed E-state index contributed by atoms with van der Waals surface area (Å²) in [5.74, 6) is -1.17. The van der Waals surface area contributed by atoms with Crippen molar-refractivity contribution in [3.8, 4) is 0 Å². The zero-order valence-electron chi connectivity index (χ0n) is 16.6. The Morgan fingerprint density at radius 2 is 1.90 bits per heavy atom. The van der Waals surface area contributed by atoms with E-state index in [2.05, 4.69) is 9.97 Å². The van der Waals surface area contributed by atoms with Crippen molar-refractivity contribution in [1.82, 2.24) is 9.97 Å². The van der Waals surface area contributed by atoms with Crippen molar-refractivity contribution in [2.24, 2.45) is 0 Å². The molecule has 0 saturated carbocycles. The van der Waals surface area contributed by atoms with Crippen LogP contribution in [0.4, 0.5) is 5.13 Å². The van der Waals surface area contributed by atoms with Gasteiger partial charge in [0.1, 0.15) is 5.75 Å². The lowest BCUT2D eigenvalue weighted by Gasteiger charge is -2.20. The summed E-state index contributed by atoms with van der Waals surface area (Å²) in [7, 11) is -3.78. The molecule has 9 heteroatoms. The van der Waals surface area contributed by atoms with Gasteiger partial charge in [0, 0.05) is 17.3 Å². The van der Waals surface area contributed by atoms with Crippen LogP contribution >= 0.6 is 23.1 Å². The van der Waals surface area contributed by atoms with Gasteiger partial charge in [0.25, 0.3) is 0 Å². The molecule has 0 aliphatic carbocycles. The summed E-state index contributed by atoms with van der Waals surface area (Å²) in [4.78, 5) is 24.6. The fourth-order valence-corrected chi connectivity index (χ4v) is 5.78. The minimum Gasteiger partial charge on any atom is -0.283 e. The van der Waals surface area contributed by atoms with Crippen molar-refractivity contribution >= 4 is 54.2 Å². The third-order valence-electron chi connectivity index (χ3n) is 4.60. The number of thioether (sulfide) groups is 1. The molecule has 2 heterocycles. The summed E-state index contributed by atoms with van der Waals surface area (Å²) in [6.07, 6.45) is 5.30. The van der Waals surface area contributed by atoms with Gasteiger partial charge in [-0.25, -0.2) is 13.4 Å². The molecule has 4 aromatic rings. The maximum absolute atomic E-state index is 13.2. The zero-order valence-corrected chi connectivity index (χ0v) is 19.1. The molecule has 0 atom stereocenters. The van der Waals surface area contributed by atoms with Gasteiger partial charge in [-0.2, -0.15) is 0 Å². The molecule has 0 aliphatic rings. The molecule has 0 aliphatic heterocycles.